The average molecular weight is 487 g/mol. The number of hydrogen-bond donors (Lipinski definition) is 0. The van der Waals surface area contributed by atoms with Gasteiger partial charge in [-0.2, -0.15) is 0 Å². The summed E-state index contributed by atoms with van der Waals surface area (Å²) in [4.78, 5) is 0. The predicted octanol–water partition coefficient (Wildman–Crippen LogP) is 9.32. The second-order valence-corrected chi connectivity index (χ2v) is 9.95. The molecule has 0 heterocycles. The van der Waals surface area contributed by atoms with Crippen LogP contribution < -0.4 is 0 Å². The van der Waals surface area contributed by atoms with Crippen LogP contribution in [0.15, 0.2) is 91.0 Å². The maximum absolute atomic E-state index is 6.88. The van der Waals surface area contributed by atoms with E-state index in [1.165, 1.54) is 57.8 Å². The van der Waals surface area contributed by atoms with Crippen molar-refractivity contribution >= 4 is 0 Å². The Morgan fingerprint density at radius 2 is 0.944 bits per heavy atom. The number of benzene rings is 3. The number of unbranched alkanes of at least 4 members (excludes halogenated alkanes) is 9. The molecule has 0 spiro atoms. The van der Waals surface area contributed by atoms with Gasteiger partial charge in [0.1, 0.15) is 5.60 Å². The molecular weight excluding hydrogens is 440 g/mol. The van der Waals surface area contributed by atoms with E-state index in [1.807, 2.05) is 0 Å². The second-order valence-electron chi connectivity index (χ2n) is 9.95. The fraction of sp³-hybridized carbons (Fsp3) is 0.471. The molecule has 3 aromatic carbocycles. The van der Waals surface area contributed by atoms with E-state index in [0.29, 0.717) is 6.61 Å². The highest BCUT2D eigenvalue weighted by molar-refractivity contribution is 5.47. The summed E-state index contributed by atoms with van der Waals surface area (Å²) < 4.78 is 13.1. The first kappa shape index (κ1) is 28.2. The second kappa shape index (κ2) is 16.3. The topological polar surface area (TPSA) is 18.5 Å². The molecule has 0 amide bonds. The van der Waals surface area contributed by atoms with Crippen LogP contribution in [0.5, 0.6) is 0 Å². The molecule has 0 bridgehead atoms. The molecule has 3 aromatic rings. The molecular formula is C34H46O2. The van der Waals surface area contributed by atoms with Crippen molar-refractivity contribution < 1.29 is 9.47 Å². The first-order valence-corrected chi connectivity index (χ1v) is 14.2. The molecule has 194 valence electrons. The molecule has 0 unspecified atom stereocenters. The zero-order chi connectivity index (χ0) is 25.3. The molecule has 0 fully saturated rings. The lowest BCUT2D eigenvalue weighted by molar-refractivity contribution is -0.0587. The maximum Gasteiger partial charge on any atom is 0.143 e. The molecule has 36 heavy (non-hydrogen) atoms. The van der Waals surface area contributed by atoms with Gasteiger partial charge in [-0.1, -0.05) is 156 Å². The molecule has 1 atom stereocenters. The van der Waals surface area contributed by atoms with Gasteiger partial charge in [0.05, 0.1) is 12.7 Å². The molecule has 2 nitrogen and oxygen atoms in total. The third kappa shape index (κ3) is 8.61. The van der Waals surface area contributed by atoms with E-state index in [2.05, 4.69) is 105 Å². The van der Waals surface area contributed by atoms with E-state index < -0.39 is 5.60 Å². The van der Waals surface area contributed by atoms with Crippen molar-refractivity contribution in [1.82, 2.24) is 0 Å². The maximum atomic E-state index is 6.88. The van der Waals surface area contributed by atoms with E-state index >= 15 is 0 Å². The number of ether oxygens (including phenoxy) is 2. The zero-order valence-corrected chi connectivity index (χ0v) is 22.5. The molecule has 0 aliphatic carbocycles. The van der Waals surface area contributed by atoms with Crippen LogP contribution in [-0.4, -0.2) is 19.3 Å². The van der Waals surface area contributed by atoms with Crippen LogP contribution in [0.3, 0.4) is 0 Å². The van der Waals surface area contributed by atoms with Crippen molar-refractivity contribution in [3.05, 3.63) is 108 Å². The van der Waals surface area contributed by atoms with Gasteiger partial charge in [0, 0.05) is 6.61 Å². The average Bonchev–Trinajstić information content (AvgIpc) is 2.94. The van der Waals surface area contributed by atoms with E-state index in [4.69, 9.17) is 9.47 Å². The van der Waals surface area contributed by atoms with E-state index in [1.54, 1.807) is 0 Å². The lowest BCUT2D eigenvalue weighted by Crippen LogP contribution is -2.35. The Morgan fingerprint density at radius 3 is 1.36 bits per heavy atom. The standard InChI is InChI=1S/C34H46O2/c1-3-4-5-6-7-8-9-10-11-21-28-35-30(2)29-36-34(31-22-15-12-16-23-31,32-24-17-13-18-25-32)33-26-19-14-20-27-33/h12-20,22-27,30H,3-11,21,28-29H2,1-2H3/t30-/m0/s1. The highest BCUT2D eigenvalue weighted by Gasteiger charge is 2.37. The minimum atomic E-state index is -0.682. The lowest BCUT2D eigenvalue weighted by Gasteiger charge is -2.36. The smallest absolute Gasteiger partial charge is 0.143 e. The SMILES string of the molecule is CCCCCCCCCCCCO[C@@H](C)COC(c1ccccc1)(c1ccccc1)c1ccccc1. The van der Waals surface area contributed by atoms with Gasteiger partial charge in [-0.15, -0.1) is 0 Å². The van der Waals surface area contributed by atoms with E-state index in [9.17, 15) is 0 Å². The highest BCUT2D eigenvalue weighted by atomic mass is 16.5. The monoisotopic (exact) mass is 486 g/mol. The van der Waals surface area contributed by atoms with Crippen LogP contribution in [0.4, 0.5) is 0 Å². The number of rotatable bonds is 18. The van der Waals surface area contributed by atoms with Gasteiger partial charge in [0.15, 0.2) is 0 Å². The lowest BCUT2D eigenvalue weighted by atomic mass is 9.80. The molecule has 0 radical (unpaired) electrons. The fourth-order valence-corrected chi connectivity index (χ4v) is 4.93. The van der Waals surface area contributed by atoms with Crippen LogP contribution in [0, 0.1) is 0 Å². The quantitative estimate of drug-likeness (QED) is 0.132. The minimum absolute atomic E-state index is 0.0269. The van der Waals surface area contributed by atoms with Crippen LogP contribution in [-0.2, 0) is 15.1 Å². The Kier molecular flexibility index (Phi) is 12.8. The van der Waals surface area contributed by atoms with Crippen molar-refractivity contribution in [2.24, 2.45) is 0 Å². The summed E-state index contributed by atoms with van der Waals surface area (Å²) in [7, 11) is 0. The van der Waals surface area contributed by atoms with Gasteiger partial charge in [-0.3, -0.25) is 0 Å². The normalized spacial score (nSPS) is 12.5. The largest absolute Gasteiger partial charge is 0.376 e. The third-order valence-corrected chi connectivity index (χ3v) is 6.98. The van der Waals surface area contributed by atoms with Gasteiger partial charge in [-0.25, -0.2) is 0 Å². The first-order chi connectivity index (χ1) is 17.8. The van der Waals surface area contributed by atoms with Gasteiger partial charge in [-0.05, 0) is 30.0 Å². The Balaban J connectivity index is 1.54. The van der Waals surface area contributed by atoms with E-state index in [-0.39, 0.29) is 6.10 Å². The van der Waals surface area contributed by atoms with Crippen LogP contribution in [0.2, 0.25) is 0 Å². The van der Waals surface area contributed by atoms with Crippen molar-refractivity contribution in [3.63, 3.8) is 0 Å². The Hall–Kier alpha value is -2.42. The Morgan fingerprint density at radius 1 is 0.556 bits per heavy atom. The van der Waals surface area contributed by atoms with Gasteiger partial charge in [0.25, 0.3) is 0 Å². The predicted molar refractivity (Wildman–Crippen MR) is 152 cm³/mol. The van der Waals surface area contributed by atoms with Gasteiger partial charge < -0.3 is 9.47 Å². The van der Waals surface area contributed by atoms with Crippen molar-refractivity contribution in [2.75, 3.05) is 13.2 Å². The summed E-state index contributed by atoms with van der Waals surface area (Å²) in [6, 6.07) is 31.7. The molecule has 0 aliphatic rings. The highest BCUT2D eigenvalue weighted by Crippen LogP contribution is 2.40. The Bertz CT molecular complexity index is 827. The molecule has 3 rings (SSSR count). The first-order valence-electron chi connectivity index (χ1n) is 14.2. The van der Waals surface area contributed by atoms with Gasteiger partial charge in [0.2, 0.25) is 0 Å². The molecule has 0 N–H and O–H groups in total. The summed E-state index contributed by atoms with van der Waals surface area (Å²) >= 11 is 0. The van der Waals surface area contributed by atoms with Crippen LogP contribution in [0.25, 0.3) is 0 Å². The summed E-state index contributed by atoms with van der Waals surface area (Å²) in [5.74, 6) is 0. The summed E-state index contributed by atoms with van der Waals surface area (Å²) in [6.45, 7) is 5.73. The fourth-order valence-electron chi connectivity index (χ4n) is 4.93. The zero-order valence-electron chi connectivity index (χ0n) is 22.5. The van der Waals surface area contributed by atoms with Crippen LogP contribution >= 0.6 is 0 Å². The molecule has 0 saturated carbocycles. The van der Waals surface area contributed by atoms with Crippen molar-refractivity contribution in [3.8, 4) is 0 Å². The van der Waals surface area contributed by atoms with Gasteiger partial charge >= 0.3 is 0 Å². The summed E-state index contributed by atoms with van der Waals surface area (Å²) in [6.07, 6.45) is 13.4. The third-order valence-electron chi connectivity index (χ3n) is 6.98. The van der Waals surface area contributed by atoms with Crippen molar-refractivity contribution in [1.29, 1.82) is 0 Å². The van der Waals surface area contributed by atoms with Crippen LogP contribution in [0.1, 0.15) is 94.7 Å². The summed E-state index contributed by atoms with van der Waals surface area (Å²) in [5, 5.41) is 0. The molecule has 0 aliphatic heterocycles. The number of hydrogen-bond acceptors (Lipinski definition) is 2. The molecule has 0 aromatic heterocycles. The minimum Gasteiger partial charge on any atom is -0.376 e. The van der Waals surface area contributed by atoms with E-state index in [0.717, 1.165) is 29.7 Å². The van der Waals surface area contributed by atoms with Crippen molar-refractivity contribution in [2.45, 2.75) is 89.8 Å². The summed E-state index contributed by atoms with van der Waals surface area (Å²) in [5.41, 5.74) is 2.70. The molecule has 2 heteroatoms. The Labute approximate surface area is 220 Å². The molecule has 0 saturated heterocycles.